The fraction of sp³-hybridized carbons (Fsp3) is 0.400. The molecule has 2 heterocycles. The van der Waals surface area contributed by atoms with Gasteiger partial charge in [0.25, 0.3) is 0 Å². The van der Waals surface area contributed by atoms with Crippen molar-refractivity contribution >= 4 is 23.4 Å². The van der Waals surface area contributed by atoms with Gasteiger partial charge in [-0.1, -0.05) is 38.1 Å². The van der Waals surface area contributed by atoms with E-state index in [1.165, 1.54) is 24.2 Å². The molecule has 2 saturated heterocycles. The number of anilines is 2. The molecule has 4 rings (SSSR count). The average Bonchev–Trinajstić information content (AvgIpc) is 3.26. The van der Waals surface area contributed by atoms with Crippen LogP contribution in [0.5, 0.6) is 0 Å². The Morgan fingerprint density at radius 3 is 2.48 bits per heavy atom. The number of carbonyl (C=O) groups is 1. The Kier molecular flexibility index (Phi) is 5.72. The lowest BCUT2D eigenvalue weighted by Crippen LogP contribution is -2.34. The molecule has 0 bridgehead atoms. The van der Waals surface area contributed by atoms with Crippen LogP contribution in [-0.2, 0) is 4.79 Å². The maximum Gasteiger partial charge on any atom is 0.248 e. The second-order valence-corrected chi connectivity index (χ2v) is 8.72. The van der Waals surface area contributed by atoms with E-state index in [0.29, 0.717) is 12.0 Å². The number of likely N-dealkylation sites (tertiary alicyclic amines) is 1. The van der Waals surface area contributed by atoms with Crippen LogP contribution in [0.4, 0.5) is 11.4 Å². The molecule has 0 saturated carbocycles. The summed E-state index contributed by atoms with van der Waals surface area (Å²) in [6.45, 7) is 7.84. The molecule has 4 nitrogen and oxygen atoms in total. The monoisotopic (exact) mass is 389 g/mol. The molecule has 2 fully saturated rings. The number of hydrogen-bond donors (Lipinski definition) is 1. The maximum absolute atomic E-state index is 12.3. The van der Waals surface area contributed by atoms with Crippen molar-refractivity contribution in [1.82, 2.24) is 4.90 Å². The van der Waals surface area contributed by atoms with Crippen LogP contribution in [0.3, 0.4) is 0 Å². The van der Waals surface area contributed by atoms with Crippen molar-refractivity contribution in [2.45, 2.75) is 32.2 Å². The largest absolute Gasteiger partial charge is 0.367 e. The van der Waals surface area contributed by atoms with E-state index in [1.54, 1.807) is 6.08 Å². The fourth-order valence-electron chi connectivity index (χ4n) is 4.58. The summed E-state index contributed by atoms with van der Waals surface area (Å²) in [6, 6.07) is 17.2. The minimum Gasteiger partial charge on any atom is -0.367 e. The van der Waals surface area contributed by atoms with E-state index in [1.807, 2.05) is 18.2 Å². The van der Waals surface area contributed by atoms with Gasteiger partial charge in [-0.25, -0.2) is 0 Å². The van der Waals surface area contributed by atoms with Crippen molar-refractivity contribution in [3.63, 3.8) is 0 Å². The Morgan fingerprint density at radius 2 is 1.79 bits per heavy atom. The molecular formula is C25H31N3O. The quantitative estimate of drug-likeness (QED) is 0.759. The first-order valence-corrected chi connectivity index (χ1v) is 10.6. The minimum absolute atomic E-state index is 0.107. The summed E-state index contributed by atoms with van der Waals surface area (Å²) in [7, 11) is 2.21. The van der Waals surface area contributed by atoms with Gasteiger partial charge in [0.05, 0.1) is 0 Å². The van der Waals surface area contributed by atoms with Gasteiger partial charge in [0.2, 0.25) is 5.91 Å². The second-order valence-electron chi connectivity index (χ2n) is 8.72. The molecule has 2 atom stereocenters. The smallest absolute Gasteiger partial charge is 0.248 e. The zero-order chi connectivity index (χ0) is 20.4. The highest BCUT2D eigenvalue weighted by molar-refractivity contribution is 6.02. The van der Waals surface area contributed by atoms with Gasteiger partial charge in [-0.2, -0.15) is 0 Å². The molecule has 0 aliphatic carbocycles. The summed E-state index contributed by atoms with van der Waals surface area (Å²) in [4.78, 5) is 17.2. The summed E-state index contributed by atoms with van der Waals surface area (Å²) in [6.07, 6.45) is 4.73. The van der Waals surface area contributed by atoms with Gasteiger partial charge in [0.1, 0.15) is 0 Å². The molecule has 4 heteroatoms. The minimum atomic E-state index is -0.107. The van der Waals surface area contributed by atoms with Crippen LogP contribution in [-0.4, -0.2) is 43.5 Å². The SMILES string of the molecule is CC(C)c1ccc(C=CC(=O)Nc2ccc(N3CC[C@H]4CN(C)C[C@H]43)cc2)cc1. The number of fused-ring (bicyclic) bond motifs is 1. The molecule has 2 aromatic rings. The van der Waals surface area contributed by atoms with Crippen molar-refractivity contribution in [3.05, 3.63) is 65.7 Å². The molecule has 0 aromatic heterocycles. The highest BCUT2D eigenvalue weighted by atomic mass is 16.1. The van der Waals surface area contributed by atoms with Gasteiger partial charge in [0, 0.05) is 43.1 Å². The molecule has 2 aliphatic heterocycles. The molecule has 1 amide bonds. The van der Waals surface area contributed by atoms with E-state index < -0.39 is 0 Å². The van der Waals surface area contributed by atoms with Gasteiger partial charge in [-0.3, -0.25) is 4.79 Å². The van der Waals surface area contributed by atoms with Crippen LogP contribution >= 0.6 is 0 Å². The molecular weight excluding hydrogens is 358 g/mol. The van der Waals surface area contributed by atoms with Crippen LogP contribution in [0.15, 0.2) is 54.6 Å². The van der Waals surface area contributed by atoms with Gasteiger partial charge >= 0.3 is 0 Å². The number of nitrogens with one attached hydrogen (secondary N) is 1. The van der Waals surface area contributed by atoms with Crippen LogP contribution in [0, 0.1) is 5.92 Å². The molecule has 2 aliphatic rings. The third-order valence-corrected chi connectivity index (χ3v) is 6.23. The van der Waals surface area contributed by atoms with E-state index in [9.17, 15) is 4.79 Å². The first-order valence-electron chi connectivity index (χ1n) is 10.6. The van der Waals surface area contributed by atoms with E-state index in [-0.39, 0.29) is 5.91 Å². The van der Waals surface area contributed by atoms with Crippen molar-refractivity contribution < 1.29 is 4.79 Å². The number of nitrogens with zero attached hydrogens (tertiary/aromatic N) is 2. The first-order chi connectivity index (χ1) is 14.0. The standard InChI is InChI=1S/C25H31N3O/c1-18(2)20-7-4-19(5-8-20)6-13-25(29)26-22-9-11-23(12-10-22)28-15-14-21-16-27(3)17-24(21)28/h4-13,18,21,24H,14-17H2,1-3H3,(H,26,29)/t21-,24+/m0/s1. The van der Waals surface area contributed by atoms with Gasteiger partial charge < -0.3 is 15.1 Å². The number of rotatable bonds is 5. The van der Waals surface area contributed by atoms with Crippen molar-refractivity contribution in [2.24, 2.45) is 5.92 Å². The van der Waals surface area contributed by atoms with E-state index in [0.717, 1.165) is 30.3 Å². The Bertz CT molecular complexity index is 870. The van der Waals surface area contributed by atoms with E-state index in [4.69, 9.17) is 0 Å². The molecule has 29 heavy (non-hydrogen) atoms. The molecule has 0 radical (unpaired) electrons. The summed E-state index contributed by atoms with van der Waals surface area (Å²) in [5.41, 5.74) is 4.43. The highest BCUT2D eigenvalue weighted by Gasteiger charge is 2.39. The zero-order valence-electron chi connectivity index (χ0n) is 17.6. The molecule has 0 unspecified atom stereocenters. The second kappa shape index (κ2) is 8.42. The average molecular weight is 390 g/mol. The van der Waals surface area contributed by atoms with Crippen molar-refractivity contribution in [2.75, 3.05) is 36.9 Å². The topological polar surface area (TPSA) is 35.6 Å². The zero-order valence-corrected chi connectivity index (χ0v) is 17.6. The Morgan fingerprint density at radius 1 is 1.07 bits per heavy atom. The van der Waals surface area contributed by atoms with E-state index >= 15 is 0 Å². The third kappa shape index (κ3) is 4.54. The number of benzene rings is 2. The van der Waals surface area contributed by atoms with Crippen molar-refractivity contribution in [1.29, 1.82) is 0 Å². The number of likely N-dealkylation sites (N-methyl/N-ethyl adjacent to an activating group) is 1. The Hall–Kier alpha value is -2.59. The van der Waals surface area contributed by atoms with Gasteiger partial charge in [0.15, 0.2) is 0 Å². The molecule has 1 N–H and O–H groups in total. The summed E-state index contributed by atoms with van der Waals surface area (Å²) >= 11 is 0. The third-order valence-electron chi connectivity index (χ3n) is 6.23. The normalized spacial score (nSPS) is 21.9. The van der Waals surface area contributed by atoms with Crippen LogP contribution in [0.2, 0.25) is 0 Å². The number of amides is 1. The lowest BCUT2D eigenvalue weighted by Gasteiger charge is -2.26. The highest BCUT2D eigenvalue weighted by Crippen LogP contribution is 2.34. The van der Waals surface area contributed by atoms with Crippen LogP contribution in [0.25, 0.3) is 6.08 Å². The van der Waals surface area contributed by atoms with Crippen molar-refractivity contribution in [3.8, 4) is 0 Å². The number of carbonyl (C=O) groups excluding carboxylic acids is 1. The van der Waals surface area contributed by atoms with Gasteiger partial charge in [-0.15, -0.1) is 0 Å². The summed E-state index contributed by atoms with van der Waals surface area (Å²) in [5.74, 6) is 1.20. The predicted molar refractivity (Wildman–Crippen MR) is 121 cm³/mol. The summed E-state index contributed by atoms with van der Waals surface area (Å²) in [5, 5.41) is 2.96. The lowest BCUT2D eigenvalue weighted by atomic mass is 10.0. The Balaban J connectivity index is 1.34. The van der Waals surface area contributed by atoms with Crippen LogP contribution in [0.1, 0.15) is 37.3 Å². The predicted octanol–water partition coefficient (Wildman–Crippen LogP) is 4.60. The summed E-state index contributed by atoms with van der Waals surface area (Å²) < 4.78 is 0. The fourth-order valence-corrected chi connectivity index (χ4v) is 4.58. The first kappa shape index (κ1) is 19.7. The molecule has 0 spiro atoms. The number of hydrogen-bond acceptors (Lipinski definition) is 3. The van der Waals surface area contributed by atoms with E-state index in [2.05, 4.69) is 72.4 Å². The van der Waals surface area contributed by atoms with Crippen LogP contribution < -0.4 is 10.2 Å². The maximum atomic E-state index is 12.3. The Labute approximate surface area is 174 Å². The van der Waals surface area contributed by atoms with Gasteiger partial charge in [-0.05, 0) is 66.8 Å². The molecule has 2 aromatic carbocycles. The molecule has 152 valence electrons. The lowest BCUT2D eigenvalue weighted by molar-refractivity contribution is -0.111.